The summed E-state index contributed by atoms with van der Waals surface area (Å²) in [7, 11) is 2.15. The first-order valence-electron chi connectivity index (χ1n) is 9.32. The molecule has 150 valence electrons. The molecule has 4 nitrogen and oxygen atoms in total. The SMILES string of the molecule is CN1CCN(c2ccc(CNC(=O)CSCc3c(F)cccc3Cl)cc2)CC1. The van der Waals surface area contributed by atoms with Crippen molar-refractivity contribution in [2.75, 3.05) is 43.9 Å². The largest absolute Gasteiger partial charge is 0.369 e. The third-order valence-corrected chi connectivity index (χ3v) is 6.15. The fourth-order valence-corrected chi connectivity index (χ4v) is 4.25. The van der Waals surface area contributed by atoms with Gasteiger partial charge < -0.3 is 15.1 Å². The molecular weight excluding hydrogens is 397 g/mol. The number of hydrogen-bond donors (Lipinski definition) is 1. The maximum absolute atomic E-state index is 13.7. The molecule has 0 radical (unpaired) electrons. The molecule has 2 aromatic carbocycles. The number of anilines is 1. The number of likely N-dealkylation sites (N-methyl/N-ethyl adjacent to an activating group) is 1. The minimum atomic E-state index is -0.333. The molecule has 3 rings (SSSR count). The number of carbonyl (C=O) groups excluding carboxylic acids is 1. The first-order valence-corrected chi connectivity index (χ1v) is 10.9. The van der Waals surface area contributed by atoms with Gasteiger partial charge in [0.2, 0.25) is 5.91 Å². The summed E-state index contributed by atoms with van der Waals surface area (Å²) >= 11 is 7.35. The van der Waals surface area contributed by atoms with E-state index in [0.717, 1.165) is 31.7 Å². The predicted octanol–water partition coefficient (Wildman–Crippen LogP) is 3.78. The lowest BCUT2D eigenvalue weighted by Gasteiger charge is -2.34. The molecule has 0 aromatic heterocycles. The lowest BCUT2D eigenvalue weighted by molar-refractivity contribution is -0.118. The van der Waals surface area contributed by atoms with Crippen molar-refractivity contribution in [2.24, 2.45) is 0 Å². The van der Waals surface area contributed by atoms with E-state index in [2.05, 4.69) is 46.4 Å². The van der Waals surface area contributed by atoms with Gasteiger partial charge in [0.05, 0.1) is 5.75 Å². The van der Waals surface area contributed by atoms with E-state index in [9.17, 15) is 9.18 Å². The van der Waals surface area contributed by atoms with Gasteiger partial charge in [0.15, 0.2) is 0 Å². The molecule has 0 spiro atoms. The van der Waals surface area contributed by atoms with Crippen LogP contribution in [0.1, 0.15) is 11.1 Å². The standard InChI is InChI=1S/C21H25ClFN3OS/c1-25-9-11-26(12-10-25)17-7-5-16(6-8-17)13-24-21(27)15-28-14-18-19(22)3-2-4-20(18)23/h2-8H,9-15H2,1H3,(H,24,27). The van der Waals surface area contributed by atoms with Crippen LogP contribution in [0.3, 0.4) is 0 Å². The normalized spacial score (nSPS) is 14.9. The molecule has 1 saturated heterocycles. The van der Waals surface area contributed by atoms with Crippen molar-refractivity contribution in [3.8, 4) is 0 Å². The van der Waals surface area contributed by atoms with Crippen molar-refractivity contribution in [2.45, 2.75) is 12.3 Å². The Morgan fingerprint density at radius 3 is 2.54 bits per heavy atom. The Morgan fingerprint density at radius 2 is 1.86 bits per heavy atom. The number of rotatable bonds is 7. The summed E-state index contributed by atoms with van der Waals surface area (Å²) in [6.07, 6.45) is 0. The molecule has 0 aliphatic carbocycles. The van der Waals surface area contributed by atoms with Gasteiger partial charge in [-0.2, -0.15) is 0 Å². The van der Waals surface area contributed by atoms with E-state index in [4.69, 9.17) is 11.6 Å². The molecule has 0 saturated carbocycles. The van der Waals surface area contributed by atoms with E-state index in [1.54, 1.807) is 12.1 Å². The number of nitrogens with zero attached hydrogens (tertiary/aromatic N) is 2. The molecule has 1 N–H and O–H groups in total. The highest BCUT2D eigenvalue weighted by molar-refractivity contribution is 7.99. The van der Waals surface area contributed by atoms with Crippen LogP contribution in [0.15, 0.2) is 42.5 Å². The van der Waals surface area contributed by atoms with Crippen LogP contribution < -0.4 is 10.2 Å². The summed E-state index contributed by atoms with van der Waals surface area (Å²) in [4.78, 5) is 16.8. The van der Waals surface area contributed by atoms with E-state index in [-0.39, 0.29) is 17.5 Å². The fourth-order valence-electron chi connectivity index (χ4n) is 3.06. The molecule has 7 heteroatoms. The molecule has 1 heterocycles. The molecule has 1 aliphatic rings. The highest BCUT2D eigenvalue weighted by Gasteiger charge is 2.14. The zero-order chi connectivity index (χ0) is 19.9. The molecule has 0 atom stereocenters. The van der Waals surface area contributed by atoms with E-state index in [1.807, 2.05) is 0 Å². The summed E-state index contributed by atoms with van der Waals surface area (Å²) < 4.78 is 13.7. The van der Waals surface area contributed by atoms with Crippen LogP contribution in [-0.2, 0) is 17.1 Å². The summed E-state index contributed by atoms with van der Waals surface area (Å²) in [5.41, 5.74) is 2.73. The first-order chi connectivity index (χ1) is 13.5. The average molecular weight is 422 g/mol. The van der Waals surface area contributed by atoms with Crippen LogP contribution >= 0.6 is 23.4 Å². The van der Waals surface area contributed by atoms with Crippen LogP contribution in [0, 0.1) is 5.82 Å². The van der Waals surface area contributed by atoms with Crippen LogP contribution in [0.5, 0.6) is 0 Å². The molecular formula is C21H25ClFN3OS. The van der Waals surface area contributed by atoms with Gasteiger partial charge in [-0.25, -0.2) is 4.39 Å². The zero-order valence-electron chi connectivity index (χ0n) is 16.0. The second-order valence-electron chi connectivity index (χ2n) is 6.93. The van der Waals surface area contributed by atoms with Gasteiger partial charge in [0, 0.05) is 54.8 Å². The number of hydrogen-bond acceptors (Lipinski definition) is 4. The summed E-state index contributed by atoms with van der Waals surface area (Å²) in [6.45, 7) is 4.72. The van der Waals surface area contributed by atoms with Crippen molar-refractivity contribution >= 4 is 35.0 Å². The Hall–Kier alpha value is -1.76. The van der Waals surface area contributed by atoms with Gasteiger partial charge in [-0.15, -0.1) is 11.8 Å². The van der Waals surface area contributed by atoms with Gasteiger partial charge >= 0.3 is 0 Å². The quantitative estimate of drug-likeness (QED) is 0.738. The molecule has 1 aliphatic heterocycles. The van der Waals surface area contributed by atoms with Crippen LogP contribution in [0.25, 0.3) is 0 Å². The third kappa shape index (κ3) is 5.87. The van der Waals surface area contributed by atoms with Gasteiger partial charge in [-0.1, -0.05) is 29.8 Å². The van der Waals surface area contributed by atoms with Gasteiger partial charge in [-0.3, -0.25) is 4.79 Å². The number of halogens is 2. The van der Waals surface area contributed by atoms with Crippen molar-refractivity contribution in [3.63, 3.8) is 0 Å². The lowest BCUT2D eigenvalue weighted by atomic mass is 10.2. The van der Waals surface area contributed by atoms with Gasteiger partial charge in [0.25, 0.3) is 0 Å². The fraction of sp³-hybridized carbons (Fsp3) is 0.381. The number of piperazine rings is 1. The maximum Gasteiger partial charge on any atom is 0.230 e. The van der Waals surface area contributed by atoms with Crippen LogP contribution in [0.2, 0.25) is 5.02 Å². The zero-order valence-corrected chi connectivity index (χ0v) is 17.5. The van der Waals surface area contributed by atoms with Crippen molar-refractivity contribution in [1.29, 1.82) is 0 Å². The minimum Gasteiger partial charge on any atom is -0.369 e. The Bertz CT molecular complexity index is 774. The van der Waals surface area contributed by atoms with E-state index in [1.165, 1.54) is 23.5 Å². The number of thioether (sulfide) groups is 1. The van der Waals surface area contributed by atoms with E-state index in [0.29, 0.717) is 22.9 Å². The van der Waals surface area contributed by atoms with Crippen molar-refractivity contribution < 1.29 is 9.18 Å². The molecule has 2 aromatic rings. The van der Waals surface area contributed by atoms with Crippen molar-refractivity contribution in [1.82, 2.24) is 10.2 Å². The first kappa shape index (κ1) is 21.0. The van der Waals surface area contributed by atoms with Crippen LogP contribution in [-0.4, -0.2) is 49.8 Å². The summed E-state index contributed by atoms with van der Waals surface area (Å²) in [5.74, 6) is 0.240. The number of carbonyl (C=O) groups is 1. The van der Waals surface area contributed by atoms with Crippen LogP contribution in [0.4, 0.5) is 10.1 Å². The van der Waals surface area contributed by atoms with Gasteiger partial charge in [0.1, 0.15) is 5.82 Å². The minimum absolute atomic E-state index is 0.0689. The highest BCUT2D eigenvalue weighted by Crippen LogP contribution is 2.23. The lowest BCUT2D eigenvalue weighted by Crippen LogP contribution is -2.44. The molecule has 0 unspecified atom stereocenters. The Balaban J connectivity index is 1.41. The number of benzene rings is 2. The molecule has 1 fully saturated rings. The smallest absolute Gasteiger partial charge is 0.230 e. The Morgan fingerprint density at radius 1 is 1.14 bits per heavy atom. The number of nitrogens with one attached hydrogen (secondary N) is 1. The maximum atomic E-state index is 13.7. The van der Waals surface area contributed by atoms with Crippen molar-refractivity contribution in [3.05, 3.63) is 64.4 Å². The van der Waals surface area contributed by atoms with E-state index < -0.39 is 0 Å². The molecule has 28 heavy (non-hydrogen) atoms. The Kier molecular flexibility index (Phi) is 7.59. The number of amides is 1. The predicted molar refractivity (Wildman–Crippen MR) is 116 cm³/mol. The highest BCUT2D eigenvalue weighted by atomic mass is 35.5. The van der Waals surface area contributed by atoms with E-state index >= 15 is 0 Å². The Labute approximate surface area is 175 Å². The second-order valence-corrected chi connectivity index (χ2v) is 8.32. The average Bonchev–Trinajstić information content (AvgIpc) is 2.70. The summed E-state index contributed by atoms with van der Waals surface area (Å²) in [6, 6.07) is 13.0. The topological polar surface area (TPSA) is 35.6 Å². The molecule has 1 amide bonds. The summed E-state index contributed by atoms with van der Waals surface area (Å²) in [5, 5.41) is 3.31. The second kappa shape index (κ2) is 10.1. The monoisotopic (exact) mass is 421 g/mol. The van der Waals surface area contributed by atoms with Gasteiger partial charge in [-0.05, 0) is 36.9 Å². The third-order valence-electron chi connectivity index (χ3n) is 4.84. The molecule has 0 bridgehead atoms.